The minimum absolute atomic E-state index is 0.0657. The van der Waals surface area contributed by atoms with Crippen LogP contribution in [0.15, 0.2) is 23.4 Å². The molecule has 0 spiro atoms. The van der Waals surface area contributed by atoms with Crippen molar-refractivity contribution in [1.82, 2.24) is 4.90 Å². The van der Waals surface area contributed by atoms with Crippen molar-refractivity contribution >= 4 is 5.84 Å². The van der Waals surface area contributed by atoms with Crippen molar-refractivity contribution in [3.05, 3.63) is 35.1 Å². The van der Waals surface area contributed by atoms with Gasteiger partial charge in [-0.2, -0.15) is 0 Å². The van der Waals surface area contributed by atoms with Crippen molar-refractivity contribution in [2.75, 3.05) is 26.3 Å². The molecule has 0 radical (unpaired) electrons. The van der Waals surface area contributed by atoms with Crippen LogP contribution in [0.3, 0.4) is 0 Å². The number of halogens is 1. The summed E-state index contributed by atoms with van der Waals surface area (Å²) in [5.41, 5.74) is 6.07. The number of aliphatic hydroxyl groups is 2. The molecule has 0 bridgehead atoms. The van der Waals surface area contributed by atoms with E-state index < -0.39 is 5.82 Å². The summed E-state index contributed by atoms with van der Waals surface area (Å²) in [5, 5.41) is 29.1. The summed E-state index contributed by atoms with van der Waals surface area (Å²) < 4.78 is 13.8. The Labute approximate surface area is 110 Å². The molecular formula is C12H18FN3O3. The molecule has 0 saturated carbocycles. The molecule has 1 rings (SSSR count). The minimum atomic E-state index is -0.482. The summed E-state index contributed by atoms with van der Waals surface area (Å²) in [6, 6.07) is 4.26. The van der Waals surface area contributed by atoms with Crippen molar-refractivity contribution in [3.8, 4) is 0 Å². The second-order valence-corrected chi connectivity index (χ2v) is 4.01. The average molecular weight is 271 g/mol. The number of oxime groups is 1. The molecular weight excluding hydrogens is 253 g/mol. The van der Waals surface area contributed by atoms with E-state index in [1.54, 1.807) is 11.0 Å². The van der Waals surface area contributed by atoms with Gasteiger partial charge in [-0.1, -0.05) is 17.3 Å². The number of benzene rings is 1. The molecule has 0 atom stereocenters. The quantitative estimate of drug-likeness (QED) is 0.236. The third kappa shape index (κ3) is 4.47. The van der Waals surface area contributed by atoms with Gasteiger partial charge in [0.1, 0.15) is 5.82 Å². The van der Waals surface area contributed by atoms with Crippen molar-refractivity contribution in [1.29, 1.82) is 0 Å². The molecule has 0 aliphatic carbocycles. The number of nitrogens with zero attached hydrogens (tertiary/aromatic N) is 2. The van der Waals surface area contributed by atoms with Crippen molar-refractivity contribution < 1.29 is 19.8 Å². The predicted molar refractivity (Wildman–Crippen MR) is 68.4 cm³/mol. The van der Waals surface area contributed by atoms with E-state index >= 15 is 0 Å². The third-order valence-corrected chi connectivity index (χ3v) is 2.68. The van der Waals surface area contributed by atoms with E-state index in [0.29, 0.717) is 24.2 Å². The Bertz CT molecular complexity index is 434. The molecule has 0 fully saturated rings. The van der Waals surface area contributed by atoms with Crippen LogP contribution in [0.4, 0.5) is 4.39 Å². The van der Waals surface area contributed by atoms with Gasteiger partial charge in [0.2, 0.25) is 0 Å². The van der Waals surface area contributed by atoms with E-state index in [-0.39, 0.29) is 25.6 Å². The average Bonchev–Trinajstić information content (AvgIpc) is 2.40. The number of nitrogens with two attached hydrogens (primary N) is 1. The van der Waals surface area contributed by atoms with E-state index in [1.807, 2.05) is 0 Å². The molecule has 106 valence electrons. The fourth-order valence-corrected chi connectivity index (χ4v) is 1.69. The molecule has 0 heterocycles. The summed E-state index contributed by atoms with van der Waals surface area (Å²) in [6.07, 6.45) is 0. The highest BCUT2D eigenvalue weighted by molar-refractivity contribution is 5.97. The SMILES string of the molecule is NC(=NO)c1ccc(CN(CCO)CCO)c(F)c1. The van der Waals surface area contributed by atoms with E-state index in [1.165, 1.54) is 12.1 Å². The molecule has 19 heavy (non-hydrogen) atoms. The molecule has 1 aromatic carbocycles. The van der Waals surface area contributed by atoms with Crippen LogP contribution in [0.1, 0.15) is 11.1 Å². The monoisotopic (exact) mass is 271 g/mol. The fraction of sp³-hybridized carbons (Fsp3) is 0.417. The first-order valence-corrected chi connectivity index (χ1v) is 5.82. The van der Waals surface area contributed by atoms with Gasteiger partial charge in [-0.05, 0) is 6.07 Å². The Hall–Kier alpha value is -1.70. The molecule has 0 amide bonds. The van der Waals surface area contributed by atoms with Gasteiger partial charge in [0.05, 0.1) is 13.2 Å². The third-order valence-electron chi connectivity index (χ3n) is 2.68. The van der Waals surface area contributed by atoms with E-state index in [4.69, 9.17) is 21.2 Å². The highest BCUT2D eigenvalue weighted by Crippen LogP contribution is 2.13. The lowest BCUT2D eigenvalue weighted by atomic mass is 10.1. The molecule has 0 aromatic heterocycles. The molecule has 7 heteroatoms. The Morgan fingerprint density at radius 3 is 2.37 bits per heavy atom. The second-order valence-electron chi connectivity index (χ2n) is 4.01. The van der Waals surface area contributed by atoms with Gasteiger partial charge in [0.15, 0.2) is 5.84 Å². The molecule has 0 unspecified atom stereocenters. The summed E-state index contributed by atoms with van der Waals surface area (Å²) >= 11 is 0. The molecule has 5 N–H and O–H groups in total. The Morgan fingerprint density at radius 2 is 1.89 bits per heavy atom. The highest BCUT2D eigenvalue weighted by atomic mass is 19.1. The van der Waals surface area contributed by atoms with E-state index in [9.17, 15) is 4.39 Å². The highest BCUT2D eigenvalue weighted by Gasteiger charge is 2.10. The van der Waals surface area contributed by atoms with E-state index in [2.05, 4.69) is 5.16 Å². The molecule has 0 saturated heterocycles. The standard InChI is InChI=1S/C12H18FN3O3/c13-11-7-9(12(14)15-19)1-2-10(11)8-16(3-5-17)4-6-18/h1-2,7,17-19H,3-6,8H2,(H2,14,15). The smallest absolute Gasteiger partial charge is 0.170 e. The maximum absolute atomic E-state index is 13.8. The Morgan fingerprint density at radius 1 is 1.26 bits per heavy atom. The van der Waals surface area contributed by atoms with Gasteiger partial charge in [0.25, 0.3) is 0 Å². The number of rotatable bonds is 7. The van der Waals surface area contributed by atoms with Gasteiger partial charge < -0.3 is 21.2 Å². The zero-order chi connectivity index (χ0) is 14.3. The van der Waals surface area contributed by atoms with Crippen LogP contribution in [0.2, 0.25) is 0 Å². The van der Waals surface area contributed by atoms with Gasteiger partial charge >= 0.3 is 0 Å². The predicted octanol–water partition coefficient (Wildman–Crippen LogP) is -0.293. The normalized spacial score (nSPS) is 12.1. The largest absolute Gasteiger partial charge is 0.409 e. The second kappa shape index (κ2) is 7.67. The first kappa shape index (κ1) is 15.4. The zero-order valence-electron chi connectivity index (χ0n) is 10.5. The number of aliphatic hydroxyl groups excluding tert-OH is 2. The lowest BCUT2D eigenvalue weighted by Gasteiger charge is -2.20. The van der Waals surface area contributed by atoms with Crippen LogP contribution in [-0.2, 0) is 6.54 Å². The van der Waals surface area contributed by atoms with Crippen LogP contribution >= 0.6 is 0 Å². The summed E-state index contributed by atoms with van der Waals surface area (Å²) in [6.45, 7) is 0.834. The van der Waals surface area contributed by atoms with Crippen LogP contribution in [-0.4, -0.2) is 52.5 Å². The number of hydrogen-bond donors (Lipinski definition) is 4. The van der Waals surface area contributed by atoms with Gasteiger partial charge in [-0.25, -0.2) is 4.39 Å². The fourth-order valence-electron chi connectivity index (χ4n) is 1.69. The molecule has 6 nitrogen and oxygen atoms in total. The minimum Gasteiger partial charge on any atom is -0.409 e. The summed E-state index contributed by atoms with van der Waals surface area (Å²) in [5.74, 6) is -0.641. The molecule has 0 aliphatic rings. The lowest BCUT2D eigenvalue weighted by Crippen LogP contribution is -2.29. The van der Waals surface area contributed by atoms with Crippen molar-refractivity contribution in [2.24, 2.45) is 10.9 Å². The lowest BCUT2D eigenvalue weighted by molar-refractivity contribution is 0.154. The number of hydrogen-bond acceptors (Lipinski definition) is 5. The van der Waals surface area contributed by atoms with Crippen molar-refractivity contribution in [2.45, 2.75) is 6.54 Å². The van der Waals surface area contributed by atoms with Gasteiger partial charge in [-0.15, -0.1) is 0 Å². The zero-order valence-corrected chi connectivity index (χ0v) is 10.5. The van der Waals surface area contributed by atoms with Crippen molar-refractivity contribution in [3.63, 3.8) is 0 Å². The topological polar surface area (TPSA) is 102 Å². The number of amidine groups is 1. The maximum Gasteiger partial charge on any atom is 0.170 e. The molecule has 1 aromatic rings. The Kier molecular flexibility index (Phi) is 6.20. The first-order valence-electron chi connectivity index (χ1n) is 5.82. The van der Waals surface area contributed by atoms with Crippen LogP contribution in [0, 0.1) is 5.82 Å². The Balaban J connectivity index is 2.83. The van der Waals surface area contributed by atoms with Gasteiger partial charge in [-0.3, -0.25) is 4.90 Å². The van der Waals surface area contributed by atoms with Crippen LogP contribution in [0.5, 0.6) is 0 Å². The first-order chi connectivity index (χ1) is 9.12. The van der Waals surface area contributed by atoms with Crippen LogP contribution < -0.4 is 5.73 Å². The summed E-state index contributed by atoms with van der Waals surface area (Å²) in [7, 11) is 0. The molecule has 0 aliphatic heterocycles. The maximum atomic E-state index is 13.8. The van der Waals surface area contributed by atoms with E-state index in [0.717, 1.165) is 0 Å². The summed E-state index contributed by atoms with van der Waals surface area (Å²) in [4.78, 5) is 1.72. The van der Waals surface area contributed by atoms with Gasteiger partial charge in [0, 0.05) is 30.8 Å². The van der Waals surface area contributed by atoms with Crippen LogP contribution in [0.25, 0.3) is 0 Å².